The summed E-state index contributed by atoms with van der Waals surface area (Å²) in [7, 11) is 0. The lowest BCUT2D eigenvalue weighted by atomic mass is 9.87. The van der Waals surface area contributed by atoms with E-state index < -0.39 is 12.0 Å². The maximum absolute atomic E-state index is 11.3. The van der Waals surface area contributed by atoms with Crippen LogP contribution in [0.2, 0.25) is 0 Å². The van der Waals surface area contributed by atoms with Gasteiger partial charge in [0.1, 0.15) is 6.04 Å². The largest absolute Gasteiger partial charge is 0.480 e. The van der Waals surface area contributed by atoms with Crippen molar-refractivity contribution in [2.75, 3.05) is 0 Å². The zero-order valence-electron chi connectivity index (χ0n) is 13.5. The molecule has 3 heteroatoms. The predicted octanol–water partition coefficient (Wildman–Crippen LogP) is 4.21. The van der Waals surface area contributed by atoms with Gasteiger partial charge in [-0.2, -0.15) is 0 Å². The number of aliphatic carboxylic acids is 1. The van der Waals surface area contributed by atoms with E-state index in [1.165, 1.54) is 32.1 Å². The zero-order chi connectivity index (χ0) is 14.9. The first kappa shape index (κ1) is 18.4. The average molecular weight is 271 g/mol. The molecule has 0 saturated carbocycles. The van der Waals surface area contributed by atoms with E-state index in [1.807, 2.05) is 0 Å². The monoisotopic (exact) mass is 271 g/mol. The Hall–Kier alpha value is -0.570. The van der Waals surface area contributed by atoms with Crippen LogP contribution in [-0.4, -0.2) is 23.2 Å². The van der Waals surface area contributed by atoms with Gasteiger partial charge in [-0.1, -0.05) is 59.8 Å². The summed E-state index contributed by atoms with van der Waals surface area (Å²) in [6.07, 6.45) is 8.06. The van der Waals surface area contributed by atoms with Crippen molar-refractivity contribution in [2.45, 2.75) is 91.6 Å². The molecular formula is C16H33NO2. The molecule has 0 saturated heterocycles. The van der Waals surface area contributed by atoms with Crippen LogP contribution in [0, 0.1) is 5.41 Å². The first-order valence-corrected chi connectivity index (χ1v) is 7.75. The highest BCUT2D eigenvalue weighted by Crippen LogP contribution is 2.21. The molecule has 2 unspecified atom stereocenters. The molecule has 0 aliphatic rings. The first-order valence-electron chi connectivity index (χ1n) is 7.75. The fourth-order valence-electron chi connectivity index (χ4n) is 2.31. The van der Waals surface area contributed by atoms with E-state index in [0.717, 1.165) is 6.42 Å². The second-order valence-electron chi connectivity index (χ2n) is 6.93. The van der Waals surface area contributed by atoms with Crippen molar-refractivity contribution in [3.63, 3.8) is 0 Å². The van der Waals surface area contributed by atoms with Gasteiger partial charge < -0.3 is 10.4 Å². The van der Waals surface area contributed by atoms with Gasteiger partial charge >= 0.3 is 5.97 Å². The van der Waals surface area contributed by atoms with Crippen molar-refractivity contribution >= 4 is 5.97 Å². The summed E-state index contributed by atoms with van der Waals surface area (Å²) in [5.74, 6) is -0.729. The van der Waals surface area contributed by atoms with Gasteiger partial charge in [0, 0.05) is 6.04 Å². The van der Waals surface area contributed by atoms with Gasteiger partial charge in [-0.15, -0.1) is 0 Å². The highest BCUT2D eigenvalue weighted by molar-refractivity contribution is 5.73. The van der Waals surface area contributed by atoms with Crippen molar-refractivity contribution < 1.29 is 9.90 Å². The van der Waals surface area contributed by atoms with E-state index in [-0.39, 0.29) is 11.5 Å². The maximum atomic E-state index is 11.3. The van der Waals surface area contributed by atoms with Gasteiger partial charge in [-0.25, -0.2) is 0 Å². The number of nitrogens with one attached hydrogen (secondary N) is 1. The summed E-state index contributed by atoms with van der Waals surface area (Å²) in [5, 5.41) is 12.5. The topological polar surface area (TPSA) is 49.3 Å². The average Bonchev–Trinajstić information content (AvgIpc) is 2.26. The van der Waals surface area contributed by atoms with Crippen LogP contribution in [0.25, 0.3) is 0 Å². The van der Waals surface area contributed by atoms with Crippen molar-refractivity contribution in [1.29, 1.82) is 0 Å². The molecule has 3 nitrogen and oxygen atoms in total. The molecule has 0 fully saturated rings. The third kappa shape index (κ3) is 11.0. The van der Waals surface area contributed by atoms with Crippen LogP contribution in [0.1, 0.15) is 79.6 Å². The fourth-order valence-corrected chi connectivity index (χ4v) is 2.31. The first-order chi connectivity index (χ1) is 8.76. The van der Waals surface area contributed by atoms with Gasteiger partial charge in [0.25, 0.3) is 0 Å². The SMILES string of the molecule is CCCCCCCC(C)NC(CC(C)(C)C)C(=O)O. The van der Waals surface area contributed by atoms with Crippen LogP contribution in [0.5, 0.6) is 0 Å². The molecule has 0 rings (SSSR count). The molecule has 0 aromatic rings. The summed E-state index contributed by atoms with van der Waals surface area (Å²) in [4.78, 5) is 11.3. The predicted molar refractivity (Wildman–Crippen MR) is 81.5 cm³/mol. The second kappa shape index (κ2) is 9.35. The molecule has 0 radical (unpaired) electrons. The van der Waals surface area contributed by atoms with E-state index in [2.05, 4.69) is 39.9 Å². The van der Waals surface area contributed by atoms with Crippen LogP contribution in [0.4, 0.5) is 0 Å². The minimum Gasteiger partial charge on any atom is -0.480 e. The molecule has 0 heterocycles. The highest BCUT2D eigenvalue weighted by atomic mass is 16.4. The Kier molecular flexibility index (Phi) is 9.07. The molecule has 19 heavy (non-hydrogen) atoms. The third-order valence-corrected chi connectivity index (χ3v) is 3.34. The minimum atomic E-state index is -0.729. The van der Waals surface area contributed by atoms with Crippen LogP contribution in [0.3, 0.4) is 0 Å². The van der Waals surface area contributed by atoms with Crippen molar-refractivity contribution in [3.8, 4) is 0 Å². The lowest BCUT2D eigenvalue weighted by molar-refractivity contribution is -0.140. The Morgan fingerprint density at radius 3 is 2.21 bits per heavy atom. The number of carbonyl (C=O) groups is 1. The van der Waals surface area contributed by atoms with E-state index in [1.54, 1.807) is 0 Å². The molecule has 2 atom stereocenters. The Labute approximate surface area is 119 Å². The summed E-state index contributed by atoms with van der Waals surface area (Å²) >= 11 is 0. The molecule has 0 aromatic carbocycles. The Bertz CT molecular complexity index is 246. The van der Waals surface area contributed by atoms with E-state index >= 15 is 0 Å². The number of rotatable bonds is 10. The fraction of sp³-hybridized carbons (Fsp3) is 0.938. The van der Waals surface area contributed by atoms with Crippen molar-refractivity contribution in [1.82, 2.24) is 5.32 Å². The summed E-state index contributed by atoms with van der Waals surface area (Å²) < 4.78 is 0. The molecule has 0 spiro atoms. The molecule has 0 aliphatic carbocycles. The van der Waals surface area contributed by atoms with Crippen molar-refractivity contribution in [2.24, 2.45) is 5.41 Å². The standard InChI is InChI=1S/C16H33NO2/c1-6-7-8-9-10-11-13(2)17-14(15(18)19)12-16(3,4)5/h13-14,17H,6-12H2,1-5H3,(H,18,19). The zero-order valence-corrected chi connectivity index (χ0v) is 13.5. The van der Waals surface area contributed by atoms with E-state index in [4.69, 9.17) is 0 Å². The highest BCUT2D eigenvalue weighted by Gasteiger charge is 2.25. The number of carboxylic acid groups (broad SMARTS) is 1. The van der Waals surface area contributed by atoms with Crippen molar-refractivity contribution in [3.05, 3.63) is 0 Å². The van der Waals surface area contributed by atoms with E-state index in [9.17, 15) is 9.90 Å². The van der Waals surface area contributed by atoms with Crippen LogP contribution >= 0.6 is 0 Å². The molecule has 114 valence electrons. The summed E-state index contributed by atoms with van der Waals surface area (Å²) in [6.45, 7) is 10.6. The smallest absolute Gasteiger partial charge is 0.320 e. The van der Waals surface area contributed by atoms with Crippen LogP contribution < -0.4 is 5.32 Å². The van der Waals surface area contributed by atoms with E-state index in [0.29, 0.717) is 6.42 Å². The van der Waals surface area contributed by atoms with Gasteiger partial charge in [-0.05, 0) is 25.2 Å². The molecule has 0 amide bonds. The lowest BCUT2D eigenvalue weighted by Gasteiger charge is -2.26. The Morgan fingerprint density at radius 1 is 1.16 bits per heavy atom. The third-order valence-electron chi connectivity index (χ3n) is 3.34. The molecule has 0 bridgehead atoms. The second-order valence-corrected chi connectivity index (χ2v) is 6.93. The molecule has 0 aromatic heterocycles. The number of unbranched alkanes of at least 4 members (excludes halogenated alkanes) is 4. The molecule has 0 aliphatic heterocycles. The summed E-state index contributed by atoms with van der Waals surface area (Å²) in [6, 6.07) is -0.143. The Morgan fingerprint density at radius 2 is 1.74 bits per heavy atom. The number of hydrogen-bond acceptors (Lipinski definition) is 2. The Balaban J connectivity index is 3.97. The number of hydrogen-bond donors (Lipinski definition) is 2. The van der Waals surface area contributed by atoms with Gasteiger partial charge in [0.05, 0.1) is 0 Å². The summed E-state index contributed by atoms with van der Waals surface area (Å²) in [5.41, 5.74) is 0.0386. The lowest BCUT2D eigenvalue weighted by Crippen LogP contribution is -2.44. The van der Waals surface area contributed by atoms with Crippen LogP contribution in [-0.2, 0) is 4.79 Å². The van der Waals surface area contributed by atoms with Gasteiger partial charge in [0.15, 0.2) is 0 Å². The van der Waals surface area contributed by atoms with Crippen LogP contribution in [0.15, 0.2) is 0 Å². The normalized spacial score (nSPS) is 15.2. The van der Waals surface area contributed by atoms with Gasteiger partial charge in [0.2, 0.25) is 0 Å². The molecular weight excluding hydrogens is 238 g/mol. The maximum Gasteiger partial charge on any atom is 0.320 e. The quantitative estimate of drug-likeness (QED) is 0.585. The van der Waals surface area contributed by atoms with Gasteiger partial charge in [-0.3, -0.25) is 4.79 Å². The minimum absolute atomic E-state index is 0.0386. The molecule has 2 N–H and O–H groups in total. The number of carboxylic acids is 1.